The molecule has 0 N–H and O–H groups in total. The molecule has 1 aromatic rings. The average molecular weight is 531 g/mol. The van der Waals surface area contributed by atoms with Crippen LogP contribution in [0.25, 0.3) is 0 Å². The number of hydrogen-bond acceptors (Lipinski definition) is 7. The van der Waals surface area contributed by atoms with Crippen LogP contribution >= 0.6 is 7.82 Å². The van der Waals surface area contributed by atoms with Crippen LogP contribution in [0.2, 0.25) is 0 Å². The van der Waals surface area contributed by atoms with Crippen molar-refractivity contribution in [1.82, 2.24) is 0 Å². The highest BCUT2D eigenvalue weighted by molar-refractivity contribution is 7.48. The van der Waals surface area contributed by atoms with Gasteiger partial charge in [0.1, 0.15) is 0 Å². The molecule has 8 heteroatoms. The highest BCUT2D eigenvalue weighted by atomic mass is 31.2. The van der Waals surface area contributed by atoms with Gasteiger partial charge in [-0.05, 0) is 25.5 Å². The summed E-state index contributed by atoms with van der Waals surface area (Å²) in [5, 5.41) is 0. The van der Waals surface area contributed by atoms with E-state index in [-0.39, 0.29) is 13.2 Å². The van der Waals surface area contributed by atoms with E-state index in [1.165, 1.54) is 70.6 Å². The Balaban J connectivity index is 2.13. The van der Waals surface area contributed by atoms with Crippen LogP contribution < -0.4 is 4.89 Å². The Bertz CT molecular complexity index is 630. The predicted octanol–water partition coefficient (Wildman–Crippen LogP) is 8.67. The molecule has 36 heavy (non-hydrogen) atoms. The summed E-state index contributed by atoms with van der Waals surface area (Å²) >= 11 is 0. The average Bonchev–Trinajstić information content (AvgIpc) is 2.90. The number of benzene rings is 1. The Kier molecular flexibility index (Phi) is 22.4. The fourth-order valence-corrected chi connectivity index (χ4v) is 4.68. The van der Waals surface area contributed by atoms with Crippen LogP contribution in [-0.2, 0) is 27.8 Å². The van der Waals surface area contributed by atoms with E-state index in [1.54, 1.807) is 24.3 Å². The summed E-state index contributed by atoms with van der Waals surface area (Å²) in [5.41, 5.74) is 0. The maximum atomic E-state index is 13.0. The van der Waals surface area contributed by atoms with Crippen molar-refractivity contribution in [3.63, 3.8) is 0 Å². The van der Waals surface area contributed by atoms with Crippen molar-refractivity contribution in [2.75, 3.05) is 39.6 Å². The van der Waals surface area contributed by atoms with E-state index in [0.717, 1.165) is 19.3 Å². The summed E-state index contributed by atoms with van der Waals surface area (Å²) in [6.07, 6.45) is 17.8. The van der Waals surface area contributed by atoms with E-state index in [0.29, 0.717) is 32.2 Å². The molecule has 1 atom stereocenters. The molecule has 0 bridgehead atoms. The monoisotopic (exact) mass is 530 g/mol. The van der Waals surface area contributed by atoms with Gasteiger partial charge in [0.05, 0.1) is 33.0 Å². The van der Waals surface area contributed by atoms with Crippen molar-refractivity contribution in [1.29, 1.82) is 0 Å². The molecule has 0 aliphatic carbocycles. The van der Waals surface area contributed by atoms with Gasteiger partial charge in [-0.25, -0.2) is 4.57 Å². The zero-order valence-corrected chi connectivity index (χ0v) is 23.7. The van der Waals surface area contributed by atoms with E-state index in [2.05, 4.69) is 6.92 Å². The lowest BCUT2D eigenvalue weighted by molar-refractivity contribution is -0.134. The van der Waals surface area contributed by atoms with Gasteiger partial charge in [0.25, 0.3) is 0 Å². The van der Waals surface area contributed by atoms with Gasteiger partial charge < -0.3 is 14.4 Å². The second-order valence-electron chi connectivity index (χ2n) is 8.99. The second kappa shape index (κ2) is 24.4. The van der Waals surface area contributed by atoms with Crippen molar-refractivity contribution in [3.05, 3.63) is 30.3 Å². The van der Waals surface area contributed by atoms with Crippen LogP contribution in [0.15, 0.2) is 30.3 Å². The van der Waals surface area contributed by atoms with Crippen molar-refractivity contribution < 1.29 is 32.6 Å². The summed E-state index contributed by atoms with van der Waals surface area (Å²) in [6.45, 7) is 6.42. The van der Waals surface area contributed by atoms with Crippen molar-refractivity contribution in [3.8, 4) is 5.75 Å². The highest BCUT2D eigenvalue weighted by Gasteiger charge is 2.29. The third kappa shape index (κ3) is 20.1. The lowest BCUT2D eigenvalue weighted by atomic mass is 10.0. The third-order valence-electron chi connectivity index (χ3n) is 5.77. The Morgan fingerprint density at radius 3 is 1.67 bits per heavy atom. The zero-order chi connectivity index (χ0) is 26.0. The maximum absolute atomic E-state index is 13.0. The summed E-state index contributed by atoms with van der Waals surface area (Å²) in [6, 6.07) is 8.86. The van der Waals surface area contributed by atoms with Gasteiger partial charge in [-0.15, -0.1) is 0 Å². The first kappa shape index (κ1) is 33.1. The number of rotatable bonds is 27. The first-order valence-electron chi connectivity index (χ1n) is 14.2. The number of phosphoric acid groups is 1. The molecule has 1 aromatic carbocycles. The van der Waals surface area contributed by atoms with E-state index >= 15 is 0 Å². The van der Waals surface area contributed by atoms with Gasteiger partial charge in [0.15, 0.2) is 5.75 Å². The van der Waals surface area contributed by atoms with Gasteiger partial charge in [0, 0.05) is 6.61 Å². The molecular weight excluding hydrogens is 479 g/mol. The molecule has 0 fully saturated rings. The first-order chi connectivity index (χ1) is 17.7. The first-order valence-corrected chi connectivity index (χ1v) is 15.6. The summed E-state index contributed by atoms with van der Waals surface area (Å²) < 4.78 is 39.6. The Hall–Kier alpha value is -0.950. The molecule has 1 unspecified atom stereocenters. The lowest BCUT2D eigenvalue weighted by Gasteiger charge is -2.17. The van der Waals surface area contributed by atoms with Gasteiger partial charge in [-0.2, -0.15) is 0 Å². The van der Waals surface area contributed by atoms with Crippen molar-refractivity contribution >= 4 is 7.82 Å². The van der Waals surface area contributed by atoms with Crippen molar-refractivity contribution in [2.45, 2.75) is 104 Å². The van der Waals surface area contributed by atoms with Gasteiger partial charge in [-0.3, -0.25) is 9.05 Å². The Morgan fingerprint density at radius 1 is 0.583 bits per heavy atom. The second-order valence-corrected chi connectivity index (χ2v) is 10.5. The van der Waals surface area contributed by atoms with Crippen LogP contribution in [-0.4, -0.2) is 39.6 Å². The van der Waals surface area contributed by atoms with Crippen molar-refractivity contribution in [2.24, 2.45) is 0 Å². The van der Waals surface area contributed by atoms with Gasteiger partial charge in [-0.1, -0.05) is 113 Å². The number of para-hydroxylation sites is 1. The van der Waals surface area contributed by atoms with E-state index in [4.69, 9.17) is 28.1 Å². The summed E-state index contributed by atoms with van der Waals surface area (Å²) in [7, 11) is -3.87. The van der Waals surface area contributed by atoms with Crippen LogP contribution in [0.1, 0.15) is 104 Å². The fraction of sp³-hybridized carbons (Fsp3) is 0.786. The number of phosphoric ester groups is 1. The topological polar surface area (TPSA) is 72.5 Å². The third-order valence-corrected chi connectivity index (χ3v) is 7.02. The lowest BCUT2D eigenvalue weighted by Crippen LogP contribution is -2.11. The number of hydrogen-bond donors (Lipinski definition) is 0. The Morgan fingerprint density at radius 2 is 1.08 bits per heavy atom. The molecule has 7 nitrogen and oxygen atoms in total. The minimum atomic E-state index is -3.87. The molecule has 0 saturated carbocycles. The molecule has 0 radical (unpaired) electrons. The fourth-order valence-electron chi connectivity index (χ4n) is 3.69. The molecule has 0 heterocycles. The molecule has 1 rings (SSSR count). The normalized spacial score (nSPS) is 13.1. The minimum Gasteiger partial charge on any atom is -0.379 e. The van der Waals surface area contributed by atoms with E-state index in [9.17, 15) is 4.57 Å². The quantitative estimate of drug-likeness (QED) is 0.0487. The molecule has 0 aliphatic heterocycles. The molecule has 0 aromatic heterocycles. The molecule has 0 saturated heterocycles. The van der Waals surface area contributed by atoms with Crippen LogP contribution in [0.3, 0.4) is 0 Å². The molecular formula is C28H51O7P. The van der Waals surface area contributed by atoms with Crippen LogP contribution in [0.5, 0.6) is 5.75 Å². The predicted molar refractivity (Wildman–Crippen MR) is 145 cm³/mol. The maximum Gasteiger partial charge on any atom is 0.511 e. The van der Waals surface area contributed by atoms with Gasteiger partial charge in [0.2, 0.25) is 0 Å². The smallest absolute Gasteiger partial charge is 0.379 e. The van der Waals surface area contributed by atoms with Crippen LogP contribution in [0, 0.1) is 0 Å². The van der Waals surface area contributed by atoms with E-state index < -0.39 is 7.82 Å². The zero-order valence-electron chi connectivity index (χ0n) is 22.8. The Labute approximate surface area is 220 Å². The SMILES string of the molecule is CCCCCCCCCCCCCCCCOP(=O)(OCCOCCOCC)OOc1ccccc1. The number of ether oxygens (including phenoxy) is 2. The standard InChI is InChI=1S/C28H51O7P/c1-3-5-6-7-8-9-10-11-12-13-14-15-16-20-23-32-36(29,33-27-26-31-25-24-30-4-2)35-34-28-21-18-17-19-22-28/h17-19,21-22H,3-16,20,23-27H2,1-2H3. The number of unbranched alkanes of at least 4 members (excludes halogenated alkanes) is 13. The minimum absolute atomic E-state index is 0.0697. The molecule has 0 spiro atoms. The van der Waals surface area contributed by atoms with Gasteiger partial charge >= 0.3 is 7.82 Å². The van der Waals surface area contributed by atoms with E-state index in [1.807, 2.05) is 13.0 Å². The summed E-state index contributed by atoms with van der Waals surface area (Å²) in [4.78, 5) is 5.18. The largest absolute Gasteiger partial charge is 0.511 e. The summed E-state index contributed by atoms with van der Waals surface area (Å²) in [5.74, 6) is 0.425. The molecule has 0 amide bonds. The highest BCUT2D eigenvalue weighted by Crippen LogP contribution is 2.49. The van der Waals surface area contributed by atoms with Crippen LogP contribution in [0.4, 0.5) is 0 Å². The molecule has 210 valence electrons. The molecule has 0 aliphatic rings.